The van der Waals surface area contributed by atoms with Crippen molar-refractivity contribution < 1.29 is 9.13 Å². The summed E-state index contributed by atoms with van der Waals surface area (Å²) in [6.45, 7) is 7.84. The number of benzene rings is 1. The minimum absolute atomic E-state index is 0.276. The van der Waals surface area contributed by atoms with Gasteiger partial charge in [0, 0.05) is 6.04 Å². The molecule has 0 spiro atoms. The Morgan fingerprint density at radius 1 is 1.22 bits per heavy atom. The number of ether oxygens (including phenoxy) is 1. The van der Waals surface area contributed by atoms with Crippen molar-refractivity contribution in [2.24, 2.45) is 0 Å². The third kappa shape index (κ3) is 6.01. The second-order valence-electron chi connectivity index (χ2n) is 4.95. The molecule has 0 amide bonds. The van der Waals surface area contributed by atoms with Gasteiger partial charge >= 0.3 is 0 Å². The molecule has 0 fully saturated rings. The van der Waals surface area contributed by atoms with Crippen LogP contribution in [0.15, 0.2) is 18.2 Å². The van der Waals surface area contributed by atoms with E-state index in [4.69, 9.17) is 4.74 Å². The van der Waals surface area contributed by atoms with Gasteiger partial charge in [-0.05, 0) is 50.4 Å². The van der Waals surface area contributed by atoms with Gasteiger partial charge in [-0.2, -0.15) is 0 Å². The summed E-state index contributed by atoms with van der Waals surface area (Å²) < 4.78 is 18.8. The summed E-state index contributed by atoms with van der Waals surface area (Å²) in [7, 11) is 0. The highest BCUT2D eigenvalue weighted by molar-refractivity contribution is 5.29. The van der Waals surface area contributed by atoms with Crippen LogP contribution in [0.25, 0.3) is 0 Å². The molecule has 1 aromatic carbocycles. The Labute approximate surface area is 110 Å². The van der Waals surface area contributed by atoms with Gasteiger partial charge in [-0.15, -0.1) is 0 Å². The molecule has 0 saturated carbocycles. The average molecular weight is 253 g/mol. The van der Waals surface area contributed by atoms with Gasteiger partial charge in [0.2, 0.25) is 0 Å². The molecule has 18 heavy (non-hydrogen) atoms. The van der Waals surface area contributed by atoms with Gasteiger partial charge in [0.15, 0.2) is 11.6 Å². The van der Waals surface area contributed by atoms with Crippen molar-refractivity contribution in [1.29, 1.82) is 0 Å². The van der Waals surface area contributed by atoms with E-state index in [9.17, 15) is 4.39 Å². The number of halogens is 1. The number of hydrogen-bond acceptors (Lipinski definition) is 2. The Balaban J connectivity index is 2.12. The van der Waals surface area contributed by atoms with Crippen LogP contribution in [0.2, 0.25) is 0 Å². The summed E-state index contributed by atoms with van der Waals surface area (Å²) in [4.78, 5) is 0. The largest absolute Gasteiger partial charge is 0.491 e. The third-order valence-electron chi connectivity index (χ3n) is 2.72. The average Bonchev–Trinajstić information content (AvgIpc) is 2.32. The molecule has 0 aliphatic carbocycles. The molecule has 0 aliphatic rings. The van der Waals surface area contributed by atoms with Crippen LogP contribution in [0.3, 0.4) is 0 Å². The fourth-order valence-electron chi connectivity index (χ4n) is 1.70. The Bertz CT molecular complexity index is 352. The monoisotopic (exact) mass is 253 g/mol. The maximum atomic E-state index is 13.4. The van der Waals surface area contributed by atoms with Crippen molar-refractivity contribution in [1.82, 2.24) is 5.32 Å². The van der Waals surface area contributed by atoms with E-state index in [1.54, 1.807) is 12.1 Å². The maximum Gasteiger partial charge on any atom is 0.165 e. The first-order valence-electron chi connectivity index (χ1n) is 6.72. The highest BCUT2D eigenvalue weighted by Crippen LogP contribution is 2.18. The lowest BCUT2D eigenvalue weighted by atomic mass is 10.2. The van der Waals surface area contributed by atoms with E-state index in [-0.39, 0.29) is 5.82 Å². The molecule has 0 unspecified atom stereocenters. The molecule has 1 rings (SSSR count). The van der Waals surface area contributed by atoms with Crippen molar-refractivity contribution in [3.8, 4) is 5.75 Å². The van der Waals surface area contributed by atoms with Crippen LogP contribution in [-0.4, -0.2) is 19.2 Å². The maximum absolute atomic E-state index is 13.4. The lowest BCUT2D eigenvalue weighted by Crippen LogP contribution is -2.23. The molecule has 0 heterocycles. The number of unbranched alkanes of at least 4 members (excludes halogenated alkanes) is 2. The van der Waals surface area contributed by atoms with E-state index in [0.717, 1.165) is 31.4 Å². The summed E-state index contributed by atoms with van der Waals surface area (Å²) in [5, 5.41) is 3.37. The Hall–Kier alpha value is -1.09. The highest BCUT2D eigenvalue weighted by atomic mass is 19.1. The quantitative estimate of drug-likeness (QED) is 0.714. The molecule has 0 radical (unpaired) electrons. The summed E-state index contributed by atoms with van der Waals surface area (Å²) in [6.07, 6.45) is 3.21. The van der Waals surface area contributed by atoms with E-state index in [1.807, 2.05) is 6.92 Å². The van der Waals surface area contributed by atoms with Crippen molar-refractivity contribution in [2.45, 2.75) is 46.1 Å². The molecule has 0 bridgehead atoms. The summed E-state index contributed by atoms with van der Waals surface area (Å²) in [5.74, 6) is 0.0948. The second kappa shape index (κ2) is 8.09. The summed E-state index contributed by atoms with van der Waals surface area (Å²) in [6, 6.07) is 5.50. The molecule has 0 atom stereocenters. The molecule has 0 aromatic heterocycles. The molecule has 1 aromatic rings. The number of aryl methyl sites for hydroxylation is 1. The summed E-state index contributed by atoms with van der Waals surface area (Å²) >= 11 is 0. The zero-order valence-electron chi connectivity index (χ0n) is 11.6. The predicted octanol–water partition coefficient (Wildman–Crippen LogP) is 3.68. The fraction of sp³-hybridized carbons (Fsp3) is 0.600. The van der Waals surface area contributed by atoms with Gasteiger partial charge in [0.25, 0.3) is 0 Å². The van der Waals surface area contributed by atoms with Gasteiger partial charge in [-0.3, -0.25) is 0 Å². The first-order valence-corrected chi connectivity index (χ1v) is 6.72. The lowest BCUT2D eigenvalue weighted by molar-refractivity contribution is 0.290. The molecule has 2 nitrogen and oxygen atoms in total. The molecule has 0 aliphatic heterocycles. The third-order valence-corrected chi connectivity index (χ3v) is 2.72. The molecular formula is C15H24FNO. The molecule has 102 valence electrons. The van der Waals surface area contributed by atoms with Gasteiger partial charge in [-0.1, -0.05) is 19.9 Å². The number of nitrogens with one attached hydrogen (secondary N) is 1. The van der Waals surface area contributed by atoms with E-state index in [2.05, 4.69) is 19.2 Å². The number of rotatable bonds is 8. The molecule has 3 heteroatoms. The zero-order valence-corrected chi connectivity index (χ0v) is 11.6. The van der Waals surface area contributed by atoms with Crippen molar-refractivity contribution in [3.05, 3.63) is 29.6 Å². The van der Waals surface area contributed by atoms with Crippen LogP contribution in [0.5, 0.6) is 5.75 Å². The summed E-state index contributed by atoms with van der Waals surface area (Å²) in [5.41, 5.74) is 1.02. The van der Waals surface area contributed by atoms with Crippen molar-refractivity contribution in [2.75, 3.05) is 13.2 Å². The zero-order chi connectivity index (χ0) is 13.4. The van der Waals surface area contributed by atoms with Crippen molar-refractivity contribution >= 4 is 0 Å². The van der Waals surface area contributed by atoms with Crippen LogP contribution < -0.4 is 10.1 Å². The topological polar surface area (TPSA) is 21.3 Å². The Morgan fingerprint density at radius 2 is 2.00 bits per heavy atom. The van der Waals surface area contributed by atoms with Crippen LogP contribution in [0.4, 0.5) is 4.39 Å². The van der Waals surface area contributed by atoms with Crippen molar-refractivity contribution in [3.63, 3.8) is 0 Å². The van der Waals surface area contributed by atoms with Crippen LogP contribution in [-0.2, 0) is 0 Å². The predicted molar refractivity (Wildman–Crippen MR) is 73.6 cm³/mol. The standard InChI is InChI=1S/C15H24FNO/c1-12(2)17-9-5-4-6-10-18-15-11-13(3)7-8-14(15)16/h7-8,11-12,17H,4-6,9-10H2,1-3H3. The molecule has 0 saturated heterocycles. The van der Waals surface area contributed by atoms with E-state index in [0.29, 0.717) is 18.4 Å². The van der Waals surface area contributed by atoms with Gasteiger partial charge in [0.1, 0.15) is 0 Å². The van der Waals surface area contributed by atoms with Gasteiger partial charge in [-0.25, -0.2) is 4.39 Å². The van der Waals surface area contributed by atoms with E-state index >= 15 is 0 Å². The second-order valence-corrected chi connectivity index (χ2v) is 4.95. The van der Waals surface area contributed by atoms with Crippen LogP contribution in [0, 0.1) is 12.7 Å². The van der Waals surface area contributed by atoms with Gasteiger partial charge in [0.05, 0.1) is 6.61 Å². The highest BCUT2D eigenvalue weighted by Gasteiger charge is 2.02. The fourth-order valence-corrected chi connectivity index (χ4v) is 1.70. The van der Waals surface area contributed by atoms with E-state index in [1.165, 1.54) is 6.07 Å². The first-order chi connectivity index (χ1) is 8.59. The normalized spacial score (nSPS) is 10.9. The SMILES string of the molecule is Cc1ccc(F)c(OCCCCCNC(C)C)c1. The Morgan fingerprint density at radius 3 is 2.72 bits per heavy atom. The minimum atomic E-state index is -0.276. The van der Waals surface area contributed by atoms with Crippen LogP contribution in [0.1, 0.15) is 38.7 Å². The first kappa shape index (κ1) is 15.0. The molecular weight excluding hydrogens is 229 g/mol. The number of hydrogen-bond donors (Lipinski definition) is 1. The Kier molecular flexibility index (Phi) is 6.73. The molecule has 1 N–H and O–H groups in total. The minimum Gasteiger partial charge on any atom is -0.491 e. The van der Waals surface area contributed by atoms with Gasteiger partial charge < -0.3 is 10.1 Å². The smallest absolute Gasteiger partial charge is 0.165 e. The van der Waals surface area contributed by atoms with Crippen LogP contribution >= 0.6 is 0 Å². The van der Waals surface area contributed by atoms with E-state index < -0.39 is 0 Å². The lowest BCUT2D eigenvalue weighted by Gasteiger charge is -2.09.